The summed E-state index contributed by atoms with van der Waals surface area (Å²) in [6, 6.07) is 7.02. The minimum Gasteiger partial charge on any atom is -0.497 e. The van der Waals surface area contributed by atoms with Crippen molar-refractivity contribution in [3.63, 3.8) is 0 Å². The van der Waals surface area contributed by atoms with Gasteiger partial charge in [-0.05, 0) is 62.4 Å². The molecule has 1 atom stereocenters. The number of methoxy groups -OCH3 is 1. The van der Waals surface area contributed by atoms with Gasteiger partial charge in [-0.1, -0.05) is 0 Å². The van der Waals surface area contributed by atoms with Gasteiger partial charge < -0.3 is 15.4 Å². The van der Waals surface area contributed by atoms with Crippen LogP contribution in [0.1, 0.15) is 25.7 Å². The Labute approximate surface area is 142 Å². The van der Waals surface area contributed by atoms with E-state index in [1.165, 1.54) is 12.8 Å². The van der Waals surface area contributed by atoms with Crippen molar-refractivity contribution in [1.82, 2.24) is 10.2 Å². The van der Waals surface area contributed by atoms with Gasteiger partial charge in [0.05, 0.1) is 19.7 Å². The van der Waals surface area contributed by atoms with E-state index in [-0.39, 0.29) is 17.9 Å². The Morgan fingerprint density at radius 3 is 2.62 bits per heavy atom. The molecule has 2 amide bonds. The van der Waals surface area contributed by atoms with Crippen LogP contribution in [0.4, 0.5) is 5.69 Å². The number of nitrogens with zero attached hydrogens (tertiary/aromatic N) is 1. The fraction of sp³-hybridized carbons (Fsp3) is 0.556. The van der Waals surface area contributed by atoms with E-state index in [1.54, 1.807) is 7.11 Å². The summed E-state index contributed by atoms with van der Waals surface area (Å²) >= 11 is 0. The Morgan fingerprint density at radius 1 is 1.21 bits per heavy atom. The Hall–Kier alpha value is -2.08. The molecule has 1 heterocycles. The monoisotopic (exact) mass is 331 g/mol. The number of amides is 2. The summed E-state index contributed by atoms with van der Waals surface area (Å²) in [7, 11) is 1.61. The fourth-order valence-electron chi connectivity index (χ4n) is 3.03. The standard InChI is InChI=1S/C18H25N3O3/c1-24-15-8-6-14(7-9-15)20-18(23)16-3-2-10-21(16)12-17(22)19-11-13-4-5-13/h6-9,13,16H,2-5,10-12H2,1H3,(H,19,22)(H,20,23). The molecule has 24 heavy (non-hydrogen) atoms. The number of nitrogens with one attached hydrogen (secondary N) is 2. The number of carbonyl (C=O) groups is 2. The van der Waals surface area contributed by atoms with Gasteiger partial charge >= 0.3 is 0 Å². The highest BCUT2D eigenvalue weighted by Crippen LogP contribution is 2.27. The topological polar surface area (TPSA) is 70.7 Å². The lowest BCUT2D eigenvalue weighted by Gasteiger charge is -2.23. The van der Waals surface area contributed by atoms with Crippen molar-refractivity contribution >= 4 is 17.5 Å². The zero-order valence-corrected chi connectivity index (χ0v) is 14.1. The van der Waals surface area contributed by atoms with E-state index in [0.29, 0.717) is 12.5 Å². The van der Waals surface area contributed by atoms with Crippen molar-refractivity contribution in [1.29, 1.82) is 0 Å². The predicted molar refractivity (Wildman–Crippen MR) is 92.0 cm³/mol. The molecule has 1 aromatic carbocycles. The van der Waals surface area contributed by atoms with Crippen LogP contribution in [0.3, 0.4) is 0 Å². The zero-order valence-electron chi connectivity index (χ0n) is 14.1. The van der Waals surface area contributed by atoms with Crippen LogP contribution in [-0.4, -0.2) is 49.5 Å². The predicted octanol–water partition coefficient (Wildman–Crippen LogP) is 1.62. The molecule has 3 rings (SSSR count). The van der Waals surface area contributed by atoms with Gasteiger partial charge in [-0.2, -0.15) is 0 Å². The van der Waals surface area contributed by atoms with E-state index >= 15 is 0 Å². The highest BCUT2D eigenvalue weighted by atomic mass is 16.5. The lowest BCUT2D eigenvalue weighted by molar-refractivity contribution is -0.124. The van der Waals surface area contributed by atoms with E-state index in [0.717, 1.165) is 37.4 Å². The van der Waals surface area contributed by atoms with Crippen molar-refractivity contribution in [3.05, 3.63) is 24.3 Å². The van der Waals surface area contributed by atoms with E-state index in [4.69, 9.17) is 4.74 Å². The van der Waals surface area contributed by atoms with Gasteiger partial charge in [-0.15, -0.1) is 0 Å². The first-order chi connectivity index (χ1) is 11.7. The Kier molecular flexibility index (Phi) is 5.35. The maximum absolute atomic E-state index is 12.5. The van der Waals surface area contributed by atoms with Gasteiger partial charge in [0.2, 0.25) is 11.8 Å². The molecule has 1 aliphatic carbocycles. The number of hydrogen-bond acceptors (Lipinski definition) is 4. The van der Waals surface area contributed by atoms with E-state index in [1.807, 2.05) is 29.2 Å². The van der Waals surface area contributed by atoms with E-state index in [9.17, 15) is 9.59 Å². The molecule has 2 aliphatic rings. The van der Waals surface area contributed by atoms with Crippen molar-refractivity contribution in [3.8, 4) is 5.75 Å². The van der Waals surface area contributed by atoms with Crippen molar-refractivity contribution in [2.24, 2.45) is 5.92 Å². The summed E-state index contributed by atoms with van der Waals surface area (Å²) in [5.74, 6) is 1.39. The Balaban J connectivity index is 1.51. The summed E-state index contributed by atoms with van der Waals surface area (Å²) in [5, 5.41) is 5.90. The average molecular weight is 331 g/mol. The van der Waals surface area contributed by atoms with Crippen LogP contribution in [0.15, 0.2) is 24.3 Å². The largest absolute Gasteiger partial charge is 0.497 e. The quantitative estimate of drug-likeness (QED) is 0.797. The molecular weight excluding hydrogens is 306 g/mol. The molecule has 0 spiro atoms. The van der Waals surface area contributed by atoms with Gasteiger partial charge in [-0.3, -0.25) is 14.5 Å². The van der Waals surface area contributed by atoms with Gasteiger partial charge in [0.25, 0.3) is 0 Å². The molecule has 0 aromatic heterocycles. The molecule has 1 saturated carbocycles. The van der Waals surface area contributed by atoms with Crippen molar-refractivity contribution in [2.75, 3.05) is 32.1 Å². The number of likely N-dealkylation sites (tertiary alicyclic amines) is 1. The van der Waals surface area contributed by atoms with Crippen LogP contribution in [0.25, 0.3) is 0 Å². The molecule has 1 aromatic rings. The number of anilines is 1. The number of hydrogen-bond donors (Lipinski definition) is 2. The van der Waals surface area contributed by atoms with Crippen LogP contribution < -0.4 is 15.4 Å². The first-order valence-corrected chi connectivity index (χ1v) is 8.61. The van der Waals surface area contributed by atoms with Gasteiger partial charge in [0.1, 0.15) is 5.75 Å². The molecule has 130 valence electrons. The molecule has 2 N–H and O–H groups in total. The van der Waals surface area contributed by atoms with Crippen LogP contribution in [0.5, 0.6) is 5.75 Å². The van der Waals surface area contributed by atoms with Gasteiger partial charge in [-0.25, -0.2) is 0 Å². The Bertz CT molecular complexity index is 584. The molecule has 0 radical (unpaired) electrons. The minimum atomic E-state index is -0.237. The fourth-order valence-corrected chi connectivity index (χ4v) is 3.03. The number of rotatable bonds is 7. The summed E-state index contributed by atoms with van der Waals surface area (Å²) in [5.41, 5.74) is 0.742. The summed E-state index contributed by atoms with van der Waals surface area (Å²) in [4.78, 5) is 26.5. The second-order valence-corrected chi connectivity index (χ2v) is 6.59. The molecule has 1 unspecified atom stereocenters. The van der Waals surface area contributed by atoms with Gasteiger partial charge in [0, 0.05) is 12.2 Å². The van der Waals surface area contributed by atoms with E-state index < -0.39 is 0 Å². The average Bonchev–Trinajstić information content (AvgIpc) is 3.31. The maximum Gasteiger partial charge on any atom is 0.241 e. The number of carbonyl (C=O) groups excluding carboxylic acids is 2. The lowest BCUT2D eigenvalue weighted by atomic mass is 10.2. The third kappa shape index (κ3) is 4.47. The van der Waals surface area contributed by atoms with Gasteiger partial charge in [0.15, 0.2) is 0 Å². The summed E-state index contributed by atoms with van der Waals surface area (Å²) < 4.78 is 5.11. The minimum absolute atomic E-state index is 0.0195. The molecule has 6 heteroatoms. The van der Waals surface area contributed by atoms with Crippen LogP contribution >= 0.6 is 0 Å². The third-order valence-corrected chi connectivity index (χ3v) is 4.66. The van der Waals surface area contributed by atoms with Crippen LogP contribution in [0.2, 0.25) is 0 Å². The normalized spacial score (nSPS) is 20.6. The highest BCUT2D eigenvalue weighted by Gasteiger charge is 2.32. The molecule has 2 fully saturated rings. The molecular formula is C18H25N3O3. The Morgan fingerprint density at radius 2 is 1.96 bits per heavy atom. The van der Waals surface area contributed by atoms with E-state index in [2.05, 4.69) is 10.6 Å². The van der Waals surface area contributed by atoms with Crippen LogP contribution in [0, 0.1) is 5.92 Å². The molecule has 6 nitrogen and oxygen atoms in total. The van der Waals surface area contributed by atoms with Crippen molar-refractivity contribution < 1.29 is 14.3 Å². The highest BCUT2D eigenvalue weighted by molar-refractivity contribution is 5.95. The third-order valence-electron chi connectivity index (χ3n) is 4.66. The molecule has 1 aliphatic heterocycles. The summed E-state index contributed by atoms with van der Waals surface area (Å²) in [6.07, 6.45) is 4.17. The number of ether oxygens (including phenoxy) is 1. The second kappa shape index (κ2) is 7.66. The smallest absolute Gasteiger partial charge is 0.241 e. The SMILES string of the molecule is COc1ccc(NC(=O)C2CCCN2CC(=O)NCC2CC2)cc1. The molecule has 0 bridgehead atoms. The maximum atomic E-state index is 12.5. The van der Waals surface area contributed by atoms with Crippen molar-refractivity contribution in [2.45, 2.75) is 31.7 Å². The second-order valence-electron chi connectivity index (χ2n) is 6.59. The van der Waals surface area contributed by atoms with Crippen LogP contribution in [-0.2, 0) is 9.59 Å². The first kappa shape index (κ1) is 16.8. The lowest BCUT2D eigenvalue weighted by Crippen LogP contribution is -2.45. The molecule has 1 saturated heterocycles. The zero-order chi connectivity index (χ0) is 16.9. The number of benzene rings is 1. The summed E-state index contributed by atoms with van der Waals surface area (Å²) in [6.45, 7) is 1.86. The first-order valence-electron chi connectivity index (χ1n) is 8.61.